The Morgan fingerprint density at radius 3 is 2.38 bits per heavy atom. The summed E-state index contributed by atoms with van der Waals surface area (Å²) in [4.78, 5) is 11.7. The first-order chi connectivity index (χ1) is 11.7. The minimum atomic E-state index is -0.229. The molecule has 0 aliphatic carbocycles. The maximum atomic E-state index is 11.7. The van der Waals surface area contributed by atoms with Crippen LogP contribution in [0.5, 0.6) is 11.5 Å². The highest BCUT2D eigenvalue weighted by Gasteiger charge is 2.00. The molecule has 0 aliphatic heterocycles. The van der Waals surface area contributed by atoms with Crippen LogP contribution in [-0.4, -0.2) is 32.4 Å². The van der Waals surface area contributed by atoms with Crippen LogP contribution in [0.3, 0.4) is 0 Å². The van der Waals surface area contributed by atoms with Gasteiger partial charge in [0.15, 0.2) is 0 Å². The topological polar surface area (TPSA) is 72.0 Å². The van der Waals surface area contributed by atoms with Gasteiger partial charge in [0.25, 0.3) is 5.91 Å². The lowest BCUT2D eigenvalue weighted by Gasteiger charge is -2.06. The zero-order chi connectivity index (χ0) is 17.2. The molecule has 0 spiro atoms. The van der Waals surface area contributed by atoms with Crippen LogP contribution in [0.4, 0.5) is 5.69 Å². The number of benzene rings is 2. The van der Waals surface area contributed by atoms with E-state index in [0.717, 1.165) is 22.7 Å². The van der Waals surface area contributed by atoms with Crippen molar-refractivity contribution in [3.63, 3.8) is 0 Å². The fourth-order valence-electron chi connectivity index (χ4n) is 1.93. The number of nitrogens with one attached hydrogen (secondary N) is 2. The van der Waals surface area contributed by atoms with E-state index < -0.39 is 0 Å². The van der Waals surface area contributed by atoms with E-state index in [1.54, 1.807) is 13.3 Å². The Bertz CT molecular complexity index is 667. The summed E-state index contributed by atoms with van der Waals surface area (Å²) >= 11 is 0. The number of anilines is 1. The van der Waals surface area contributed by atoms with Crippen LogP contribution in [0.2, 0.25) is 0 Å². The van der Waals surface area contributed by atoms with Crippen molar-refractivity contribution < 1.29 is 14.3 Å². The van der Waals surface area contributed by atoms with Gasteiger partial charge in [-0.3, -0.25) is 4.79 Å². The first-order valence-corrected chi connectivity index (χ1v) is 7.64. The second kappa shape index (κ2) is 9.19. The van der Waals surface area contributed by atoms with Crippen LogP contribution in [-0.2, 0) is 4.79 Å². The predicted molar refractivity (Wildman–Crippen MR) is 94.8 cm³/mol. The van der Waals surface area contributed by atoms with E-state index in [2.05, 4.69) is 15.8 Å². The predicted octanol–water partition coefficient (Wildman–Crippen LogP) is 2.66. The summed E-state index contributed by atoms with van der Waals surface area (Å²) in [6.07, 6.45) is 1.58. The quantitative estimate of drug-likeness (QED) is 0.577. The summed E-state index contributed by atoms with van der Waals surface area (Å²) in [6.45, 7) is 2.70. The van der Waals surface area contributed by atoms with Crippen molar-refractivity contribution in [1.29, 1.82) is 0 Å². The van der Waals surface area contributed by atoms with Crippen LogP contribution in [0.15, 0.2) is 53.6 Å². The average Bonchev–Trinajstić information content (AvgIpc) is 2.62. The average molecular weight is 327 g/mol. The van der Waals surface area contributed by atoms with Gasteiger partial charge < -0.3 is 14.8 Å². The lowest BCUT2D eigenvalue weighted by molar-refractivity contribution is -0.119. The number of rotatable bonds is 8. The van der Waals surface area contributed by atoms with Gasteiger partial charge in [-0.15, -0.1) is 0 Å². The maximum absolute atomic E-state index is 11.7. The van der Waals surface area contributed by atoms with Crippen LogP contribution in [0.25, 0.3) is 0 Å². The van der Waals surface area contributed by atoms with E-state index in [1.807, 2.05) is 55.5 Å². The number of carbonyl (C=O) groups excluding carboxylic acids is 1. The van der Waals surface area contributed by atoms with Crippen molar-refractivity contribution in [2.24, 2.45) is 5.10 Å². The molecule has 0 bridgehead atoms. The molecule has 0 aliphatic rings. The molecule has 126 valence electrons. The highest BCUT2D eigenvalue weighted by Crippen LogP contribution is 2.14. The van der Waals surface area contributed by atoms with Crippen molar-refractivity contribution in [2.75, 3.05) is 25.6 Å². The van der Waals surface area contributed by atoms with Crippen molar-refractivity contribution in [3.05, 3.63) is 54.1 Å². The number of carbonyl (C=O) groups is 1. The molecule has 6 nitrogen and oxygen atoms in total. The fraction of sp³-hybridized carbons (Fsp3) is 0.222. The Morgan fingerprint density at radius 2 is 1.75 bits per heavy atom. The van der Waals surface area contributed by atoms with E-state index in [1.165, 1.54) is 0 Å². The Hall–Kier alpha value is -3.02. The summed E-state index contributed by atoms with van der Waals surface area (Å²) in [5.74, 6) is 1.35. The van der Waals surface area contributed by atoms with Gasteiger partial charge in [0.2, 0.25) is 0 Å². The van der Waals surface area contributed by atoms with Gasteiger partial charge in [0.1, 0.15) is 11.5 Å². The SMILES string of the molecule is CCOc1ccc(/C=N\NC(=O)CNc2ccc(OC)cc2)cc1. The number of nitrogens with zero attached hydrogens (tertiary/aromatic N) is 1. The lowest BCUT2D eigenvalue weighted by atomic mass is 10.2. The summed E-state index contributed by atoms with van der Waals surface area (Å²) < 4.78 is 10.4. The molecular weight excluding hydrogens is 306 g/mol. The highest BCUT2D eigenvalue weighted by molar-refractivity contribution is 5.84. The number of methoxy groups -OCH3 is 1. The molecule has 2 aromatic carbocycles. The van der Waals surface area contributed by atoms with Crippen molar-refractivity contribution in [1.82, 2.24) is 5.43 Å². The molecular formula is C18H21N3O3. The smallest absolute Gasteiger partial charge is 0.259 e. The number of ether oxygens (including phenoxy) is 2. The van der Waals surface area contributed by atoms with Crippen LogP contribution < -0.4 is 20.2 Å². The van der Waals surface area contributed by atoms with E-state index in [9.17, 15) is 4.79 Å². The van der Waals surface area contributed by atoms with Crippen molar-refractivity contribution >= 4 is 17.8 Å². The van der Waals surface area contributed by atoms with Gasteiger partial charge in [-0.25, -0.2) is 5.43 Å². The molecule has 6 heteroatoms. The van der Waals surface area contributed by atoms with Gasteiger partial charge in [0, 0.05) is 5.69 Å². The maximum Gasteiger partial charge on any atom is 0.259 e. The molecule has 24 heavy (non-hydrogen) atoms. The molecule has 1 amide bonds. The molecule has 2 rings (SSSR count). The van der Waals surface area contributed by atoms with E-state index in [4.69, 9.17) is 9.47 Å². The molecule has 0 fully saturated rings. The monoisotopic (exact) mass is 327 g/mol. The fourth-order valence-corrected chi connectivity index (χ4v) is 1.93. The molecule has 2 aromatic rings. The Labute approximate surface area is 141 Å². The second-order valence-electron chi connectivity index (χ2n) is 4.88. The number of hydrazone groups is 1. The Balaban J connectivity index is 1.75. The molecule has 2 N–H and O–H groups in total. The van der Waals surface area contributed by atoms with Gasteiger partial charge in [-0.1, -0.05) is 0 Å². The third-order valence-electron chi connectivity index (χ3n) is 3.14. The van der Waals surface area contributed by atoms with Crippen molar-refractivity contribution in [2.45, 2.75) is 6.92 Å². The zero-order valence-corrected chi connectivity index (χ0v) is 13.8. The summed E-state index contributed by atoms with van der Waals surface area (Å²) in [7, 11) is 1.61. The first-order valence-electron chi connectivity index (χ1n) is 7.64. The molecule has 0 unspecified atom stereocenters. The van der Waals surface area contributed by atoms with E-state index in [0.29, 0.717) is 6.61 Å². The van der Waals surface area contributed by atoms with Gasteiger partial charge >= 0.3 is 0 Å². The van der Waals surface area contributed by atoms with Crippen LogP contribution in [0, 0.1) is 0 Å². The summed E-state index contributed by atoms with van der Waals surface area (Å²) in [6, 6.07) is 14.8. The molecule has 0 radical (unpaired) electrons. The van der Waals surface area contributed by atoms with Crippen LogP contribution in [0.1, 0.15) is 12.5 Å². The van der Waals surface area contributed by atoms with E-state index in [-0.39, 0.29) is 12.5 Å². The molecule has 0 aromatic heterocycles. The zero-order valence-electron chi connectivity index (χ0n) is 13.8. The Morgan fingerprint density at radius 1 is 1.08 bits per heavy atom. The lowest BCUT2D eigenvalue weighted by Crippen LogP contribution is -2.25. The number of hydrogen-bond donors (Lipinski definition) is 2. The number of hydrogen-bond acceptors (Lipinski definition) is 5. The molecule has 0 saturated carbocycles. The highest BCUT2D eigenvalue weighted by atomic mass is 16.5. The molecule has 0 saturated heterocycles. The van der Waals surface area contributed by atoms with Crippen molar-refractivity contribution in [3.8, 4) is 11.5 Å². The normalized spacial score (nSPS) is 10.4. The summed E-state index contributed by atoms with van der Waals surface area (Å²) in [5, 5.41) is 6.94. The van der Waals surface area contributed by atoms with Gasteiger partial charge in [0.05, 0.1) is 26.5 Å². The van der Waals surface area contributed by atoms with Gasteiger partial charge in [-0.2, -0.15) is 5.10 Å². The third kappa shape index (κ3) is 5.64. The molecule has 0 heterocycles. The van der Waals surface area contributed by atoms with Gasteiger partial charge in [-0.05, 0) is 61.0 Å². The number of amides is 1. The largest absolute Gasteiger partial charge is 0.497 e. The first kappa shape index (κ1) is 17.3. The molecule has 0 atom stereocenters. The Kier molecular flexibility index (Phi) is 6.64. The minimum Gasteiger partial charge on any atom is -0.497 e. The summed E-state index contributed by atoms with van der Waals surface area (Å²) in [5.41, 5.74) is 4.19. The minimum absolute atomic E-state index is 0.132. The second-order valence-corrected chi connectivity index (χ2v) is 4.88. The van der Waals surface area contributed by atoms with E-state index >= 15 is 0 Å². The standard InChI is InChI=1S/C18H21N3O3/c1-3-24-17-8-4-14(5-9-17)12-20-21-18(22)13-19-15-6-10-16(23-2)11-7-15/h4-12,19H,3,13H2,1-2H3,(H,21,22)/b20-12-. The third-order valence-corrected chi connectivity index (χ3v) is 3.14. The van der Waals surface area contributed by atoms with Crippen LogP contribution >= 0.6 is 0 Å².